The van der Waals surface area contributed by atoms with Gasteiger partial charge in [-0.05, 0) is 29.5 Å². The van der Waals surface area contributed by atoms with Crippen LogP contribution in [0.1, 0.15) is 50.0 Å². The molecule has 0 bridgehead atoms. The zero-order valence-electron chi connectivity index (χ0n) is 12.7. The third kappa shape index (κ3) is 5.83. The van der Waals surface area contributed by atoms with Crippen molar-refractivity contribution in [3.05, 3.63) is 35.4 Å². The third-order valence-corrected chi connectivity index (χ3v) is 2.62. The van der Waals surface area contributed by atoms with E-state index in [4.69, 9.17) is 0 Å². The van der Waals surface area contributed by atoms with Crippen molar-refractivity contribution in [1.29, 1.82) is 0 Å². The van der Waals surface area contributed by atoms with Crippen LogP contribution < -0.4 is 0 Å². The van der Waals surface area contributed by atoms with E-state index in [1.165, 1.54) is 0 Å². The quantitative estimate of drug-likeness (QED) is 0.470. The Morgan fingerprint density at radius 3 is 2.19 bits per heavy atom. The number of carbonyl (C=O) groups excluding carboxylic acids is 2. The van der Waals surface area contributed by atoms with Crippen LogP contribution in [-0.2, 0) is 25.0 Å². The Hall–Kier alpha value is -2.08. The van der Waals surface area contributed by atoms with Crippen LogP contribution in [0.5, 0.6) is 0 Å². The van der Waals surface area contributed by atoms with Crippen LogP contribution in [0.4, 0.5) is 4.79 Å². The lowest BCUT2D eigenvalue weighted by molar-refractivity contribution is -0.452. The van der Waals surface area contributed by atoms with E-state index in [0.29, 0.717) is 6.42 Å². The molecule has 0 spiro atoms. The minimum absolute atomic E-state index is 0.00885. The lowest BCUT2D eigenvalue weighted by atomic mass is 9.87. The minimum atomic E-state index is -1.06. The number of benzene rings is 1. The van der Waals surface area contributed by atoms with Crippen LogP contribution in [-0.4, -0.2) is 18.7 Å². The molecule has 6 heteroatoms. The van der Waals surface area contributed by atoms with E-state index >= 15 is 0 Å². The molecule has 0 amide bonds. The highest BCUT2D eigenvalue weighted by atomic mass is 17.5. The zero-order chi connectivity index (χ0) is 15.9. The average molecular weight is 296 g/mol. The van der Waals surface area contributed by atoms with Gasteiger partial charge in [0.15, 0.2) is 0 Å². The molecule has 0 aliphatic rings. The molecule has 0 N–H and O–H groups in total. The molecule has 0 fully saturated rings. The molecule has 116 valence electrons. The van der Waals surface area contributed by atoms with E-state index in [-0.39, 0.29) is 17.6 Å². The Kier molecular flexibility index (Phi) is 6.17. The third-order valence-electron chi connectivity index (χ3n) is 2.62. The Morgan fingerprint density at radius 2 is 1.67 bits per heavy atom. The smallest absolute Gasteiger partial charge is 0.432 e. The Labute approximate surface area is 123 Å². The van der Waals surface area contributed by atoms with Gasteiger partial charge in [-0.1, -0.05) is 39.8 Å². The van der Waals surface area contributed by atoms with Crippen molar-refractivity contribution in [2.24, 2.45) is 0 Å². The van der Waals surface area contributed by atoms with E-state index in [2.05, 4.69) is 40.3 Å². The van der Waals surface area contributed by atoms with Gasteiger partial charge < -0.3 is 4.74 Å². The maximum Gasteiger partial charge on any atom is 0.543 e. The summed E-state index contributed by atoms with van der Waals surface area (Å²) in [6.45, 7) is 8.23. The summed E-state index contributed by atoms with van der Waals surface area (Å²) in [5, 5.41) is 4.08. The number of hydrogen-bond donors (Lipinski definition) is 0. The average Bonchev–Trinajstić information content (AvgIpc) is 2.44. The standard InChI is InChI=1S/C15H20O6/c1-5-10-18-14(17)20-21-19-13(16)11-6-8-12(9-7-11)15(2,3)4/h6-9H,5,10H2,1-4H3. The van der Waals surface area contributed by atoms with E-state index in [0.717, 1.165) is 5.56 Å². The van der Waals surface area contributed by atoms with Crippen LogP contribution in [0.15, 0.2) is 24.3 Å². The Morgan fingerprint density at radius 1 is 1.05 bits per heavy atom. The largest absolute Gasteiger partial charge is 0.543 e. The van der Waals surface area contributed by atoms with Crippen molar-refractivity contribution in [3.63, 3.8) is 0 Å². The molecular weight excluding hydrogens is 276 g/mol. The topological polar surface area (TPSA) is 71.1 Å². The first-order valence-corrected chi connectivity index (χ1v) is 6.67. The maximum absolute atomic E-state index is 11.6. The van der Waals surface area contributed by atoms with Gasteiger partial charge in [0.05, 0.1) is 17.2 Å². The van der Waals surface area contributed by atoms with Gasteiger partial charge in [0.2, 0.25) is 0 Å². The predicted molar refractivity (Wildman–Crippen MR) is 74.4 cm³/mol. The first kappa shape index (κ1) is 17.0. The molecule has 1 rings (SSSR count). The number of rotatable bonds is 5. The molecule has 0 aliphatic carbocycles. The summed E-state index contributed by atoms with van der Waals surface area (Å²) >= 11 is 0. The molecule has 0 radical (unpaired) electrons. The van der Waals surface area contributed by atoms with Crippen molar-refractivity contribution in [2.75, 3.05) is 6.61 Å². The van der Waals surface area contributed by atoms with Crippen LogP contribution in [0.2, 0.25) is 0 Å². The highest BCUT2D eigenvalue weighted by Crippen LogP contribution is 2.22. The van der Waals surface area contributed by atoms with E-state index < -0.39 is 12.1 Å². The van der Waals surface area contributed by atoms with Gasteiger partial charge in [-0.15, -0.1) is 0 Å². The van der Waals surface area contributed by atoms with Gasteiger partial charge in [0, 0.05) is 0 Å². The Bertz CT molecular complexity index is 472. The highest BCUT2D eigenvalue weighted by Gasteiger charge is 2.16. The second-order valence-corrected chi connectivity index (χ2v) is 5.45. The molecular formula is C15H20O6. The molecule has 6 nitrogen and oxygen atoms in total. The van der Waals surface area contributed by atoms with Crippen molar-refractivity contribution < 1.29 is 29.1 Å². The van der Waals surface area contributed by atoms with Crippen LogP contribution in [0, 0.1) is 0 Å². The summed E-state index contributed by atoms with van der Waals surface area (Å²) in [6, 6.07) is 6.88. The maximum atomic E-state index is 11.6. The fourth-order valence-corrected chi connectivity index (χ4v) is 1.44. The summed E-state index contributed by atoms with van der Waals surface area (Å²) < 4.78 is 4.55. The first-order chi connectivity index (χ1) is 9.84. The van der Waals surface area contributed by atoms with Crippen LogP contribution in [0.3, 0.4) is 0 Å². The molecule has 1 aromatic carbocycles. The first-order valence-electron chi connectivity index (χ1n) is 6.67. The summed E-state index contributed by atoms with van der Waals surface area (Å²) in [6.07, 6.45) is -0.414. The molecule has 1 aromatic rings. The summed E-state index contributed by atoms with van der Waals surface area (Å²) in [5.41, 5.74) is 1.36. The lowest BCUT2D eigenvalue weighted by Crippen LogP contribution is -2.13. The summed E-state index contributed by atoms with van der Waals surface area (Å²) in [4.78, 5) is 31.0. The molecule has 21 heavy (non-hydrogen) atoms. The van der Waals surface area contributed by atoms with Gasteiger partial charge in [-0.25, -0.2) is 14.5 Å². The highest BCUT2D eigenvalue weighted by molar-refractivity contribution is 5.88. The minimum Gasteiger partial charge on any atom is -0.432 e. The van der Waals surface area contributed by atoms with E-state index in [1.807, 2.05) is 19.1 Å². The van der Waals surface area contributed by atoms with Gasteiger partial charge in [-0.3, -0.25) is 4.89 Å². The number of hydrogen-bond acceptors (Lipinski definition) is 6. The van der Waals surface area contributed by atoms with Crippen molar-refractivity contribution >= 4 is 12.1 Å². The molecule has 0 aliphatic heterocycles. The second kappa shape index (κ2) is 7.64. The van der Waals surface area contributed by atoms with Gasteiger partial charge >= 0.3 is 12.1 Å². The fraction of sp³-hybridized carbons (Fsp3) is 0.467. The Balaban J connectivity index is 2.44. The normalized spacial score (nSPS) is 10.9. The molecule has 0 saturated heterocycles. The van der Waals surface area contributed by atoms with Crippen LogP contribution >= 0.6 is 0 Å². The lowest BCUT2D eigenvalue weighted by Gasteiger charge is -2.18. The number of ether oxygens (including phenoxy) is 1. The van der Waals surface area contributed by atoms with Gasteiger partial charge in [0.25, 0.3) is 0 Å². The van der Waals surface area contributed by atoms with Crippen molar-refractivity contribution in [2.45, 2.75) is 39.5 Å². The van der Waals surface area contributed by atoms with E-state index in [1.54, 1.807) is 12.1 Å². The predicted octanol–water partition coefficient (Wildman–Crippen LogP) is 3.55. The molecule has 0 unspecified atom stereocenters. The molecule has 0 aromatic heterocycles. The van der Waals surface area contributed by atoms with Crippen molar-refractivity contribution in [3.8, 4) is 0 Å². The molecule has 0 atom stereocenters. The van der Waals surface area contributed by atoms with E-state index in [9.17, 15) is 9.59 Å². The molecule has 0 heterocycles. The summed E-state index contributed by atoms with van der Waals surface area (Å²) in [7, 11) is 0. The van der Waals surface area contributed by atoms with Gasteiger partial charge in [0.1, 0.15) is 0 Å². The molecule has 0 saturated carbocycles. The van der Waals surface area contributed by atoms with Crippen molar-refractivity contribution in [1.82, 2.24) is 0 Å². The zero-order valence-corrected chi connectivity index (χ0v) is 12.7. The monoisotopic (exact) mass is 296 g/mol. The SMILES string of the molecule is CCCOC(=O)OOOC(=O)c1ccc(C(C)(C)C)cc1. The van der Waals surface area contributed by atoms with Gasteiger partial charge in [-0.2, -0.15) is 0 Å². The fourth-order valence-electron chi connectivity index (χ4n) is 1.44. The number of carbonyl (C=O) groups is 2. The summed E-state index contributed by atoms with van der Waals surface area (Å²) in [5.74, 6) is -0.765. The van der Waals surface area contributed by atoms with Crippen LogP contribution in [0.25, 0.3) is 0 Å². The second-order valence-electron chi connectivity index (χ2n) is 5.45.